The zero-order valence-corrected chi connectivity index (χ0v) is 13.9. The minimum atomic E-state index is 0.354. The van der Waals surface area contributed by atoms with Crippen molar-refractivity contribution in [1.29, 1.82) is 0 Å². The van der Waals surface area contributed by atoms with E-state index in [9.17, 15) is 0 Å². The van der Waals surface area contributed by atoms with E-state index in [-0.39, 0.29) is 0 Å². The van der Waals surface area contributed by atoms with Gasteiger partial charge in [0.1, 0.15) is 0 Å². The highest BCUT2D eigenvalue weighted by molar-refractivity contribution is 4.47. The molecule has 0 aromatic rings. The first kappa shape index (κ1) is 19.9. The van der Waals surface area contributed by atoms with Crippen LogP contribution in [-0.2, 0) is 4.74 Å². The summed E-state index contributed by atoms with van der Waals surface area (Å²) in [5.41, 5.74) is 0. The van der Waals surface area contributed by atoms with Gasteiger partial charge in [-0.2, -0.15) is 0 Å². The van der Waals surface area contributed by atoms with Gasteiger partial charge in [-0.25, -0.2) is 0 Å². The van der Waals surface area contributed by atoms with E-state index in [2.05, 4.69) is 6.92 Å². The zero-order valence-electron chi connectivity index (χ0n) is 13.9. The predicted octanol–water partition coefficient (Wildman–Crippen LogP) is 5.48. The number of unbranched alkanes of at least 4 members (excludes halogenated alkanes) is 12. The summed E-state index contributed by atoms with van der Waals surface area (Å²) in [6.07, 6.45) is 18.1. The van der Waals surface area contributed by atoms with E-state index in [0.29, 0.717) is 6.61 Å². The van der Waals surface area contributed by atoms with E-state index >= 15 is 0 Å². The maximum Gasteiger partial charge on any atom is 0.0466 e. The van der Waals surface area contributed by atoms with Gasteiger partial charge in [0.25, 0.3) is 0 Å². The number of aliphatic hydroxyl groups excluding tert-OH is 1. The Labute approximate surface area is 127 Å². The van der Waals surface area contributed by atoms with E-state index in [4.69, 9.17) is 9.84 Å². The Morgan fingerprint density at radius 2 is 0.950 bits per heavy atom. The molecule has 0 aromatic carbocycles. The lowest BCUT2D eigenvalue weighted by molar-refractivity contribution is 0.125. The molecule has 0 atom stereocenters. The van der Waals surface area contributed by atoms with Gasteiger partial charge in [-0.05, 0) is 19.3 Å². The Kier molecular flexibility index (Phi) is 18.8. The van der Waals surface area contributed by atoms with E-state index in [1.54, 1.807) is 0 Å². The first-order valence-electron chi connectivity index (χ1n) is 9.10. The van der Waals surface area contributed by atoms with Crippen LogP contribution in [0.2, 0.25) is 0 Å². The average molecular weight is 286 g/mol. The SMILES string of the molecule is CCCCCCCCCOCCCCCCCCCO. The standard InChI is InChI=1S/C18H38O2/c1-2-3-4-5-8-11-14-17-20-18-15-12-9-6-7-10-13-16-19/h19H,2-18H2,1H3. The normalized spacial score (nSPS) is 11.1. The van der Waals surface area contributed by atoms with Crippen LogP contribution in [0.4, 0.5) is 0 Å². The Morgan fingerprint density at radius 1 is 0.550 bits per heavy atom. The number of rotatable bonds is 17. The van der Waals surface area contributed by atoms with Gasteiger partial charge < -0.3 is 9.84 Å². The van der Waals surface area contributed by atoms with Gasteiger partial charge >= 0.3 is 0 Å². The minimum Gasteiger partial charge on any atom is -0.396 e. The maximum atomic E-state index is 8.66. The fourth-order valence-corrected chi connectivity index (χ4v) is 2.46. The summed E-state index contributed by atoms with van der Waals surface area (Å²) >= 11 is 0. The van der Waals surface area contributed by atoms with Crippen molar-refractivity contribution in [3.8, 4) is 0 Å². The molecule has 20 heavy (non-hydrogen) atoms. The Hall–Kier alpha value is -0.0800. The Bertz CT molecular complexity index is 141. The van der Waals surface area contributed by atoms with Crippen molar-refractivity contribution in [2.75, 3.05) is 19.8 Å². The van der Waals surface area contributed by atoms with Gasteiger partial charge in [0, 0.05) is 19.8 Å². The summed E-state index contributed by atoms with van der Waals surface area (Å²) in [6.45, 7) is 4.53. The molecule has 0 saturated carbocycles. The van der Waals surface area contributed by atoms with Crippen LogP contribution in [0.5, 0.6) is 0 Å². The summed E-state index contributed by atoms with van der Waals surface area (Å²) in [7, 11) is 0. The van der Waals surface area contributed by atoms with Crippen LogP contribution in [0, 0.1) is 0 Å². The highest BCUT2D eigenvalue weighted by Gasteiger charge is 1.94. The molecule has 0 fully saturated rings. The quantitative estimate of drug-likeness (QED) is 0.359. The van der Waals surface area contributed by atoms with Gasteiger partial charge in [0.2, 0.25) is 0 Å². The van der Waals surface area contributed by atoms with Gasteiger partial charge in [0.15, 0.2) is 0 Å². The van der Waals surface area contributed by atoms with Crippen molar-refractivity contribution in [3.05, 3.63) is 0 Å². The summed E-state index contributed by atoms with van der Waals surface area (Å²) in [4.78, 5) is 0. The first-order chi connectivity index (χ1) is 9.91. The third-order valence-corrected chi connectivity index (χ3v) is 3.84. The second-order valence-electron chi connectivity index (χ2n) is 5.93. The lowest BCUT2D eigenvalue weighted by Gasteiger charge is -2.05. The van der Waals surface area contributed by atoms with Crippen LogP contribution in [0.25, 0.3) is 0 Å². The minimum absolute atomic E-state index is 0.354. The highest BCUT2D eigenvalue weighted by atomic mass is 16.5. The molecule has 0 aliphatic heterocycles. The molecule has 2 nitrogen and oxygen atoms in total. The van der Waals surface area contributed by atoms with Gasteiger partial charge in [-0.1, -0.05) is 77.6 Å². The molecular formula is C18H38O2. The van der Waals surface area contributed by atoms with Crippen molar-refractivity contribution in [2.45, 2.75) is 96.8 Å². The molecule has 0 unspecified atom stereocenters. The third kappa shape index (κ3) is 17.9. The molecule has 0 saturated heterocycles. The summed E-state index contributed by atoms with van der Waals surface area (Å²) in [5, 5.41) is 8.66. The lowest BCUT2D eigenvalue weighted by atomic mass is 10.1. The molecule has 0 heterocycles. The molecule has 0 radical (unpaired) electrons. The summed E-state index contributed by atoms with van der Waals surface area (Å²) in [6, 6.07) is 0. The third-order valence-electron chi connectivity index (χ3n) is 3.84. The Balaban J connectivity index is 2.89. The number of aliphatic hydroxyl groups is 1. The van der Waals surface area contributed by atoms with Crippen LogP contribution < -0.4 is 0 Å². The van der Waals surface area contributed by atoms with Crippen LogP contribution >= 0.6 is 0 Å². The van der Waals surface area contributed by atoms with Gasteiger partial charge in [0.05, 0.1) is 0 Å². The molecule has 0 amide bonds. The zero-order chi connectivity index (χ0) is 14.7. The molecule has 0 rings (SSSR count). The molecule has 0 bridgehead atoms. The van der Waals surface area contributed by atoms with Crippen LogP contribution in [0.15, 0.2) is 0 Å². The molecule has 2 heteroatoms. The molecule has 0 aliphatic carbocycles. The molecule has 0 aromatic heterocycles. The summed E-state index contributed by atoms with van der Waals surface area (Å²) < 4.78 is 5.67. The smallest absolute Gasteiger partial charge is 0.0466 e. The molecular weight excluding hydrogens is 248 g/mol. The monoisotopic (exact) mass is 286 g/mol. The van der Waals surface area contributed by atoms with Crippen LogP contribution in [-0.4, -0.2) is 24.9 Å². The second-order valence-corrected chi connectivity index (χ2v) is 5.93. The first-order valence-corrected chi connectivity index (χ1v) is 9.10. The van der Waals surface area contributed by atoms with Crippen LogP contribution in [0.1, 0.15) is 96.8 Å². The molecule has 122 valence electrons. The fraction of sp³-hybridized carbons (Fsp3) is 1.00. The van der Waals surface area contributed by atoms with Crippen molar-refractivity contribution in [1.82, 2.24) is 0 Å². The van der Waals surface area contributed by atoms with E-state index in [1.807, 2.05) is 0 Å². The maximum absolute atomic E-state index is 8.66. The van der Waals surface area contributed by atoms with Crippen LogP contribution in [0.3, 0.4) is 0 Å². The second kappa shape index (κ2) is 18.9. The number of hydrogen-bond donors (Lipinski definition) is 1. The molecule has 1 N–H and O–H groups in total. The predicted molar refractivity (Wildman–Crippen MR) is 88.2 cm³/mol. The van der Waals surface area contributed by atoms with Gasteiger partial charge in [-0.15, -0.1) is 0 Å². The largest absolute Gasteiger partial charge is 0.396 e. The number of hydrogen-bond acceptors (Lipinski definition) is 2. The molecule has 0 spiro atoms. The Morgan fingerprint density at radius 3 is 1.40 bits per heavy atom. The van der Waals surface area contributed by atoms with E-state index in [0.717, 1.165) is 19.6 Å². The number of ether oxygens (including phenoxy) is 1. The van der Waals surface area contributed by atoms with Gasteiger partial charge in [-0.3, -0.25) is 0 Å². The van der Waals surface area contributed by atoms with Crippen molar-refractivity contribution in [3.63, 3.8) is 0 Å². The molecule has 0 aliphatic rings. The highest BCUT2D eigenvalue weighted by Crippen LogP contribution is 2.08. The van der Waals surface area contributed by atoms with E-state index < -0.39 is 0 Å². The lowest BCUT2D eigenvalue weighted by Crippen LogP contribution is -1.97. The summed E-state index contributed by atoms with van der Waals surface area (Å²) in [5.74, 6) is 0. The fourth-order valence-electron chi connectivity index (χ4n) is 2.46. The van der Waals surface area contributed by atoms with Crippen molar-refractivity contribution >= 4 is 0 Å². The van der Waals surface area contributed by atoms with Crippen molar-refractivity contribution in [2.24, 2.45) is 0 Å². The van der Waals surface area contributed by atoms with E-state index in [1.165, 1.54) is 83.5 Å². The van der Waals surface area contributed by atoms with Crippen molar-refractivity contribution < 1.29 is 9.84 Å². The average Bonchev–Trinajstić information content (AvgIpc) is 2.47. The topological polar surface area (TPSA) is 29.5 Å².